The molecule has 0 N–H and O–H groups in total. The van der Waals surface area contributed by atoms with Crippen molar-refractivity contribution in [3.63, 3.8) is 0 Å². The molecule has 0 atom stereocenters. The summed E-state index contributed by atoms with van der Waals surface area (Å²) in [4.78, 5) is 25.7. The van der Waals surface area contributed by atoms with Crippen LogP contribution in [0.15, 0.2) is 188 Å². The number of aromatic nitrogens is 5. The van der Waals surface area contributed by atoms with Crippen molar-refractivity contribution in [2.75, 3.05) is 0 Å². The molecule has 0 bridgehead atoms. The summed E-state index contributed by atoms with van der Waals surface area (Å²) < 4.78 is 0. The third-order valence-electron chi connectivity index (χ3n) is 10.7. The number of pyridine rings is 2. The number of hydrogen-bond acceptors (Lipinski definition) is 5. The number of fused-ring (bicyclic) bond motifs is 7. The number of rotatable bonds is 5. The van der Waals surface area contributed by atoms with E-state index in [9.17, 15) is 0 Å². The molecule has 5 nitrogen and oxygen atoms in total. The molecule has 0 amide bonds. The third-order valence-corrected chi connectivity index (χ3v) is 10.7. The van der Waals surface area contributed by atoms with Crippen LogP contribution in [0.4, 0.5) is 0 Å². The Kier molecular flexibility index (Phi) is 7.42. The van der Waals surface area contributed by atoms with Crippen LogP contribution in [0.2, 0.25) is 0 Å². The first-order chi connectivity index (χ1) is 27.8. The molecule has 8 aromatic carbocycles. The van der Waals surface area contributed by atoms with Crippen molar-refractivity contribution in [3.05, 3.63) is 188 Å². The minimum atomic E-state index is 0.634. The van der Waals surface area contributed by atoms with Gasteiger partial charge in [-0.05, 0) is 44.8 Å². The van der Waals surface area contributed by atoms with E-state index in [-0.39, 0.29) is 0 Å². The van der Waals surface area contributed by atoms with Gasteiger partial charge in [0.1, 0.15) is 0 Å². The van der Waals surface area contributed by atoms with Gasteiger partial charge in [-0.15, -0.1) is 0 Å². The molecule has 56 heavy (non-hydrogen) atoms. The summed E-state index contributed by atoms with van der Waals surface area (Å²) >= 11 is 0. The van der Waals surface area contributed by atoms with E-state index in [0.29, 0.717) is 17.5 Å². The molecular weight excluding hydrogens is 683 g/mol. The van der Waals surface area contributed by atoms with Gasteiger partial charge in [0.15, 0.2) is 17.5 Å². The van der Waals surface area contributed by atoms with Crippen LogP contribution in [0.5, 0.6) is 0 Å². The molecular formula is C51H31N5. The van der Waals surface area contributed by atoms with E-state index in [2.05, 4.69) is 109 Å². The predicted octanol–water partition coefficient (Wildman–Crippen LogP) is 12.8. The van der Waals surface area contributed by atoms with Gasteiger partial charge in [-0.25, -0.2) is 19.9 Å². The van der Waals surface area contributed by atoms with Crippen LogP contribution in [0.1, 0.15) is 0 Å². The fraction of sp³-hybridized carbons (Fsp3) is 0. The summed E-state index contributed by atoms with van der Waals surface area (Å²) in [6.07, 6.45) is 1.88. The van der Waals surface area contributed by atoms with Gasteiger partial charge in [0.2, 0.25) is 0 Å². The van der Waals surface area contributed by atoms with Gasteiger partial charge in [-0.1, -0.05) is 170 Å². The molecule has 0 saturated carbocycles. The van der Waals surface area contributed by atoms with Gasteiger partial charge in [0, 0.05) is 50.0 Å². The Morgan fingerprint density at radius 2 is 0.839 bits per heavy atom. The van der Waals surface area contributed by atoms with Gasteiger partial charge in [0.25, 0.3) is 0 Å². The SMILES string of the molecule is c1ccc(-c2nc(-c3ccccc3)nc(-c3c4ccccc4c(-c4ccc5c(c4)nc(-c4ccccc4)c4ccc6cccnc6c45)c4ccccc34)n2)cc1. The minimum Gasteiger partial charge on any atom is -0.256 e. The smallest absolute Gasteiger partial charge is 0.165 e. The highest BCUT2D eigenvalue weighted by Gasteiger charge is 2.22. The van der Waals surface area contributed by atoms with E-state index >= 15 is 0 Å². The first-order valence-electron chi connectivity index (χ1n) is 18.8. The Labute approximate surface area is 322 Å². The molecule has 260 valence electrons. The van der Waals surface area contributed by atoms with E-state index in [1.807, 2.05) is 79.0 Å². The van der Waals surface area contributed by atoms with E-state index in [4.69, 9.17) is 24.9 Å². The first-order valence-corrected chi connectivity index (χ1v) is 18.8. The monoisotopic (exact) mass is 713 g/mol. The molecule has 0 saturated heterocycles. The highest BCUT2D eigenvalue weighted by molar-refractivity contribution is 6.24. The molecule has 0 unspecified atom stereocenters. The second kappa shape index (κ2) is 13.0. The molecule has 0 spiro atoms. The van der Waals surface area contributed by atoms with E-state index in [0.717, 1.165) is 93.2 Å². The Hall–Kier alpha value is -7.63. The number of hydrogen-bond donors (Lipinski definition) is 0. The zero-order valence-corrected chi connectivity index (χ0v) is 30.1. The van der Waals surface area contributed by atoms with Crippen LogP contribution in [-0.2, 0) is 0 Å². The van der Waals surface area contributed by atoms with Crippen LogP contribution < -0.4 is 0 Å². The standard InChI is InChI=1S/C51H31N5/c1-4-15-32(16-5-1)47-42-29-26-33-21-14-30-52-48(33)45(42)41-28-27-36(31-43(41)53-47)44-37-22-10-12-24-39(37)46(40-25-13-11-23-38(40)44)51-55-49(34-17-6-2-7-18-34)54-50(56-51)35-19-8-3-9-20-35/h1-31H. The summed E-state index contributed by atoms with van der Waals surface area (Å²) in [6, 6.07) is 63.1. The molecule has 11 rings (SSSR count). The Balaban J connectivity index is 1.20. The number of nitrogens with zero attached hydrogens (tertiary/aromatic N) is 5. The third kappa shape index (κ3) is 5.21. The lowest BCUT2D eigenvalue weighted by Gasteiger charge is -2.18. The van der Waals surface area contributed by atoms with Crippen molar-refractivity contribution in [3.8, 4) is 56.5 Å². The Morgan fingerprint density at radius 1 is 0.321 bits per heavy atom. The normalized spacial score (nSPS) is 11.6. The Bertz CT molecular complexity index is 3180. The summed E-state index contributed by atoms with van der Waals surface area (Å²) in [6.45, 7) is 0. The van der Waals surface area contributed by atoms with Gasteiger partial charge < -0.3 is 0 Å². The van der Waals surface area contributed by atoms with E-state index < -0.39 is 0 Å². The Morgan fingerprint density at radius 3 is 1.45 bits per heavy atom. The molecule has 3 heterocycles. The molecule has 3 aromatic heterocycles. The first kappa shape index (κ1) is 31.9. The lowest BCUT2D eigenvalue weighted by atomic mass is 9.87. The summed E-state index contributed by atoms with van der Waals surface area (Å²) in [5, 5.41) is 8.73. The van der Waals surface area contributed by atoms with Crippen LogP contribution in [0, 0.1) is 0 Å². The molecule has 0 aliphatic heterocycles. The zero-order chi connectivity index (χ0) is 37.0. The van der Waals surface area contributed by atoms with Crippen LogP contribution >= 0.6 is 0 Å². The molecule has 5 heteroatoms. The highest BCUT2D eigenvalue weighted by atomic mass is 15.0. The second-order valence-corrected chi connectivity index (χ2v) is 14.0. The van der Waals surface area contributed by atoms with E-state index in [1.165, 1.54) is 0 Å². The summed E-state index contributed by atoms with van der Waals surface area (Å²) in [7, 11) is 0. The summed E-state index contributed by atoms with van der Waals surface area (Å²) in [5.74, 6) is 1.90. The summed E-state index contributed by atoms with van der Waals surface area (Å²) in [5.41, 5.74) is 8.99. The zero-order valence-electron chi connectivity index (χ0n) is 30.1. The van der Waals surface area contributed by atoms with Crippen molar-refractivity contribution in [2.24, 2.45) is 0 Å². The van der Waals surface area contributed by atoms with Gasteiger partial charge in [-0.2, -0.15) is 0 Å². The van der Waals surface area contributed by atoms with Crippen LogP contribution in [0.3, 0.4) is 0 Å². The second-order valence-electron chi connectivity index (χ2n) is 14.0. The lowest BCUT2D eigenvalue weighted by molar-refractivity contribution is 1.08. The fourth-order valence-corrected chi connectivity index (χ4v) is 8.20. The fourth-order valence-electron chi connectivity index (χ4n) is 8.20. The maximum Gasteiger partial charge on any atom is 0.165 e. The molecule has 0 aliphatic rings. The molecule has 11 aromatic rings. The van der Waals surface area contributed by atoms with Crippen LogP contribution in [0.25, 0.3) is 111 Å². The molecule has 0 radical (unpaired) electrons. The maximum atomic E-state index is 5.41. The van der Waals surface area contributed by atoms with Crippen molar-refractivity contribution in [1.29, 1.82) is 0 Å². The highest BCUT2D eigenvalue weighted by Crippen LogP contribution is 2.45. The minimum absolute atomic E-state index is 0.634. The molecule has 0 aliphatic carbocycles. The average Bonchev–Trinajstić information content (AvgIpc) is 3.28. The largest absolute Gasteiger partial charge is 0.256 e. The average molecular weight is 714 g/mol. The van der Waals surface area contributed by atoms with Gasteiger partial charge in [-0.3, -0.25) is 4.98 Å². The molecule has 0 fully saturated rings. The maximum absolute atomic E-state index is 5.41. The van der Waals surface area contributed by atoms with Crippen LogP contribution in [-0.4, -0.2) is 24.9 Å². The lowest BCUT2D eigenvalue weighted by Crippen LogP contribution is -2.01. The van der Waals surface area contributed by atoms with Crippen molar-refractivity contribution in [2.45, 2.75) is 0 Å². The van der Waals surface area contributed by atoms with Crippen molar-refractivity contribution >= 4 is 54.1 Å². The van der Waals surface area contributed by atoms with Gasteiger partial charge >= 0.3 is 0 Å². The number of benzene rings is 8. The van der Waals surface area contributed by atoms with Gasteiger partial charge in [0.05, 0.1) is 16.7 Å². The van der Waals surface area contributed by atoms with Crippen molar-refractivity contribution in [1.82, 2.24) is 24.9 Å². The topological polar surface area (TPSA) is 64.5 Å². The quantitative estimate of drug-likeness (QED) is 0.131. The van der Waals surface area contributed by atoms with E-state index in [1.54, 1.807) is 0 Å². The predicted molar refractivity (Wildman–Crippen MR) is 230 cm³/mol. The van der Waals surface area contributed by atoms with Crippen molar-refractivity contribution < 1.29 is 0 Å².